The molecule has 284 valence electrons. The lowest BCUT2D eigenvalue weighted by atomic mass is 9.91. The van der Waals surface area contributed by atoms with Gasteiger partial charge in [0.2, 0.25) is 0 Å². The highest BCUT2D eigenvalue weighted by Crippen LogP contribution is 2.24. The number of ketones is 1. The molecule has 1 heterocycles. The van der Waals surface area contributed by atoms with Gasteiger partial charge in [0.05, 0.1) is 25.2 Å². The summed E-state index contributed by atoms with van der Waals surface area (Å²) in [6.07, 6.45) is 15.6. The fourth-order valence-corrected chi connectivity index (χ4v) is 6.27. The molecular weight excluding hydrogens is 612 g/mol. The van der Waals surface area contributed by atoms with Crippen molar-refractivity contribution in [2.24, 2.45) is 17.8 Å². The molecule has 1 aliphatic heterocycles. The molecule has 6 N–H and O–H groups in total. The van der Waals surface area contributed by atoms with Crippen molar-refractivity contribution in [3.05, 3.63) is 12.2 Å². The van der Waals surface area contributed by atoms with Crippen LogP contribution in [0, 0.1) is 17.8 Å². The molecule has 9 nitrogen and oxygen atoms in total. The number of hydrogen-bond acceptors (Lipinski definition) is 9. The molecule has 1 fully saturated rings. The summed E-state index contributed by atoms with van der Waals surface area (Å²) in [5, 5.41) is 61.9. The number of Topliss-reactive ketones (excluding diaryl/α,β-unsaturated/α-hetero) is 1. The Balaban J connectivity index is 2.58. The number of rotatable bonds is 30. The molecule has 0 saturated carbocycles. The van der Waals surface area contributed by atoms with Crippen LogP contribution in [0.5, 0.6) is 0 Å². The summed E-state index contributed by atoms with van der Waals surface area (Å²) in [7, 11) is 0. The van der Waals surface area contributed by atoms with Gasteiger partial charge in [-0.1, -0.05) is 149 Å². The number of aliphatic hydroxyl groups excluding tert-OH is 6. The number of aliphatic hydroxyl groups is 6. The molecule has 0 radical (unpaired) electrons. The zero-order valence-corrected chi connectivity index (χ0v) is 30.9. The van der Waals surface area contributed by atoms with E-state index in [1.165, 1.54) is 77.0 Å². The average molecular weight is 687 g/mol. The van der Waals surface area contributed by atoms with Gasteiger partial charge in [0.25, 0.3) is 0 Å². The molecule has 0 aliphatic carbocycles. The molecule has 9 heteroatoms. The van der Waals surface area contributed by atoms with Gasteiger partial charge in [-0.15, -0.1) is 0 Å². The van der Waals surface area contributed by atoms with Crippen molar-refractivity contribution in [3.8, 4) is 0 Å². The highest BCUT2D eigenvalue weighted by molar-refractivity contribution is 5.86. The summed E-state index contributed by atoms with van der Waals surface area (Å²) < 4.78 is 11.1. The van der Waals surface area contributed by atoms with Crippen molar-refractivity contribution < 1.29 is 44.9 Å². The molecule has 48 heavy (non-hydrogen) atoms. The monoisotopic (exact) mass is 687 g/mol. The van der Waals surface area contributed by atoms with E-state index in [9.17, 15) is 35.4 Å². The van der Waals surface area contributed by atoms with Gasteiger partial charge >= 0.3 is 0 Å². The molecule has 1 aliphatic rings. The second-order valence-electron chi connectivity index (χ2n) is 14.6. The van der Waals surface area contributed by atoms with Gasteiger partial charge in [-0.3, -0.25) is 4.79 Å². The molecule has 1 saturated heterocycles. The van der Waals surface area contributed by atoms with Crippen molar-refractivity contribution in [2.45, 2.75) is 199 Å². The van der Waals surface area contributed by atoms with Crippen LogP contribution in [-0.4, -0.2) is 92.5 Å². The Bertz CT molecular complexity index is 806. The van der Waals surface area contributed by atoms with Crippen molar-refractivity contribution in [2.75, 3.05) is 13.2 Å². The van der Waals surface area contributed by atoms with Crippen LogP contribution in [0.15, 0.2) is 12.2 Å². The van der Waals surface area contributed by atoms with Crippen LogP contribution in [0.1, 0.15) is 156 Å². The maximum absolute atomic E-state index is 13.4. The fraction of sp³-hybridized carbons (Fsp3) is 0.923. The van der Waals surface area contributed by atoms with Crippen molar-refractivity contribution in [3.63, 3.8) is 0 Å². The van der Waals surface area contributed by atoms with Crippen LogP contribution >= 0.6 is 0 Å². The van der Waals surface area contributed by atoms with Gasteiger partial charge in [-0.2, -0.15) is 0 Å². The van der Waals surface area contributed by atoms with Crippen LogP contribution in [0.2, 0.25) is 0 Å². The molecular formula is C39H74O9. The van der Waals surface area contributed by atoms with E-state index in [0.717, 1.165) is 50.4 Å². The zero-order chi connectivity index (χ0) is 35.7. The van der Waals surface area contributed by atoms with Gasteiger partial charge in [0, 0.05) is 0 Å². The van der Waals surface area contributed by atoms with E-state index in [0.29, 0.717) is 6.42 Å². The van der Waals surface area contributed by atoms with Gasteiger partial charge in [0.15, 0.2) is 12.1 Å². The number of carbonyl (C=O) groups excluding carboxylic acids is 1. The lowest BCUT2D eigenvalue weighted by Gasteiger charge is -2.40. The molecule has 0 amide bonds. The topological polar surface area (TPSA) is 157 Å². The molecule has 2 unspecified atom stereocenters. The van der Waals surface area contributed by atoms with E-state index < -0.39 is 61.2 Å². The standard InChI is InChI=1S/C39H74O9/c1-5-29(3)23-19-15-11-8-7-9-13-17-21-25-32(41)31(28-47-39-38(46)37(45)36(44)34(27-40)48-39)35(43)33(42)26-22-18-14-10-12-16-20-24-30(4)6-2/h21,25,29-34,36-42,44-46H,5-20,22-24,26-28H2,1-4H3/b25-21+/t29?,30?,31-,32+,33+,34+,36-,37-,38+,39+/m0/s1. The normalized spacial score (nSPS) is 24.8. The SMILES string of the molecule is CCC(C)CCCCCCCCC/C=C/[C@@H](O)[C@H](CO[C@@H]1O[C@H](CO)[C@H](O)[C@H](O)[C@H]1O)C(=O)[C@H](O)CCCCCCCCCC(C)CC. The molecule has 1 rings (SSSR count). The van der Waals surface area contributed by atoms with Gasteiger partial charge < -0.3 is 40.1 Å². The van der Waals surface area contributed by atoms with Gasteiger partial charge in [0.1, 0.15) is 30.5 Å². The third-order valence-corrected chi connectivity index (χ3v) is 10.4. The van der Waals surface area contributed by atoms with Gasteiger partial charge in [-0.25, -0.2) is 0 Å². The second kappa shape index (κ2) is 27.8. The molecule has 0 aromatic heterocycles. The number of unbranched alkanes of at least 4 members (excludes halogenated alkanes) is 13. The van der Waals surface area contributed by atoms with Crippen LogP contribution in [0.3, 0.4) is 0 Å². The number of ether oxygens (including phenoxy) is 2. The average Bonchev–Trinajstić information content (AvgIpc) is 3.09. The molecule has 0 aromatic rings. The zero-order valence-electron chi connectivity index (χ0n) is 30.9. The Hall–Kier alpha value is -0.910. The van der Waals surface area contributed by atoms with Crippen molar-refractivity contribution >= 4 is 5.78 Å². The number of allylic oxidation sites excluding steroid dienone is 1. The maximum atomic E-state index is 13.4. The predicted octanol–water partition coefficient (Wildman–Crippen LogP) is 6.38. The molecule has 0 bridgehead atoms. The quantitative estimate of drug-likeness (QED) is 0.0373. The van der Waals surface area contributed by atoms with E-state index in [-0.39, 0.29) is 13.0 Å². The fourth-order valence-electron chi connectivity index (χ4n) is 6.27. The maximum Gasteiger partial charge on any atom is 0.186 e. The van der Waals surface area contributed by atoms with E-state index in [1.807, 2.05) is 6.08 Å². The highest BCUT2D eigenvalue weighted by Gasteiger charge is 2.44. The van der Waals surface area contributed by atoms with Crippen LogP contribution in [-0.2, 0) is 14.3 Å². The minimum absolute atomic E-state index is 0.289. The second-order valence-corrected chi connectivity index (χ2v) is 14.6. The summed E-state index contributed by atoms with van der Waals surface area (Å²) >= 11 is 0. The molecule has 10 atom stereocenters. The minimum atomic E-state index is -1.62. The number of hydrogen-bond donors (Lipinski definition) is 6. The summed E-state index contributed by atoms with van der Waals surface area (Å²) in [5.41, 5.74) is 0. The highest BCUT2D eigenvalue weighted by atomic mass is 16.7. The first-order valence-corrected chi connectivity index (χ1v) is 19.6. The minimum Gasteiger partial charge on any atom is -0.394 e. The Morgan fingerprint density at radius 3 is 1.69 bits per heavy atom. The van der Waals surface area contributed by atoms with Gasteiger partial charge in [-0.05, 0) is 31.1 Å². The van der Waals surface area contributed by atoms with E-state index >= 15 is 0 Å². The largest absolute Gasteiger partial charge is 0.394 e. The lowest BCUT2D eigenvalue weighted by Crippen LogP contribution is -2.59. The smallest absolute Gasteiger partial charge is 0.186 e. The van der Waals surface area contributed by atoms with Crippen molar-refractivity contribution in [1.82, 2.24) is 0 Å². The summed E-state index contributed by atoms with van der Waals surface area (Å²) in [6.45, 7) is 8.12. The third kappa shape index (κ3) is 18.9. The van der Waals surface area contributed by atoms with Crippen LogP contribution in [0.4, 0.5) is 0 Å². The Morgan fingerprint density at radius 2 is 1.19 bits per heavy atom. The lowest BCUT2D eigenvalue weighted by molar-refractivity contribution is -0.303. The summed E-state index contributed by atoms with van der Waals surface area (Å²) in [6, 6.07) is 0. The third-order valence-electron chi connectivity index (χ3n) is 10.4. The number of carbonyl (C=O) groups is 1. The van der Waals surface area contributed by atoms with E-state index in [1.54, 1.807) is 6.08 Å². The van der Waals surface area contributed by atoms with E-state index in [4.69, 9.17) is 9.47 Å². The van der Waals surface area contributed by atoms with E-state index in [2.05, 4.69) is 27.7 Å². The van der Waals surface area contributed by atoms with Crippen molar-refractivity contribution in [1.29, 1.82) is 0 Å². The van der Waals surface area contributed by atoms with Crippen LogP contribution < -0.4 is 0 Å². The summed E-state index contributed by atoms with van der Waals surface area (Å²) in [5.74, 6) is -0.0589. The first-order valence-electron chi connectivity index (χ1n) is 19.6. The Kier molecular flexibility index (Phi) is 26.1. The first kappa shape index (κ1) is 45.1. The first-order chi connectivity index (χ1) is 23.1. The molecule has 0 aromatic carbocycles. The Labute approximate surface area is 292 Å². The Morgan fingerprint density at radius 1 is 0.708 bits per heavy atom. The predicted molar refractivity (Wildman–Crippen MR) is 191 cm³/mol. The summed E-state index contributed by atoms with van der Waals surface area (Å²) in [4.78, 5) is 13.4. The molecule has 0 spiro atoms. The van der Waals surface area contributed by atoms with Crippen LogP contribution in [0.25, 0.3) is 0 Å².